The fraction of sp³-hybridized carbons (Fsp3) is 0. The van der Waals surface area contributed by atoms with Gasteiger partial charge >= 0.3 is 0 Å². The molecule has 0 fully saturated rings. The van der Waals surface area contributed by atoms with E-state index in [1.165, 1.54) is 12.1 Å². The SMILES string of the molecule is O=[N+]([O-])c1ccc(-c2nnc3ccccn23)cc1. The van der Waals surface area contributed by atoms with Crippen LogP contribution in [-0.4, -0.2) is 19.5 Å². The lowest BCUT2D eigenvalue weighted by Gasteiger charge is -1.99. The Labute approximate surface area is 102 Å². The standard InChI is InChI=1S/C12H8N4O2/c17-16(18)10-6-4-9(5-7-10)12-14-13-11-3-1-2-8-15(11)12/h1-8H. The Bertz CT molecular complexity index is 718. The molecule has 0 aliphatic heterocycles. The zero-order valence-electron chi connectivity index (χ0n) is 9.22. The molecule has 0 bridgehead atoms. The van der Waals surface area contributed by atoms with E-state index in [0.29, 0.717) is 5.82 Å². The Morgan fingerprint density at radius 3 is 2.56 bits per heavy atom. The predicted molar refractivity (Wildman–Crippen MR) is 65.1 cm³/mol. The van der Waals surface area contributed by atoms with E-state index in [0.717, 1.165) is 11.2 Å². The number of pyridine rings is 1. The van der Waals surface area contributed by atoms with Gasteiger partial charge < -0.3 is 0 Å². The first-order valence-electron chi connectivity index (χ1n) is 5.30. The minimum Gasteiger partial charge on any atom is -0.282 e. The second kappa shape index (κ2) is 3.92. The van der Waals surface area contributed by atoms with Crippen molar-refractivity contribution in [2.45, 2.75) is 0 Å². The highest BCUT2D eigenvalue weighted by Gasteiger charge is 2.09. The second-order valence-electron chi connectivity index (χ2n) is 3.76. The van der Waals surface area contributed by atoms with Gasteiger partial charge in [-0.2, -0.15) is 0 Å². The van der Waals surface area contributed by atoms with E-state index in [-0.39, 0.29) is 5.69 Å². The number of fused-ring (bicyclic) bond motifs is 1. The van der Waals surface area contributed by atoms with Gasteiger partial charge in [-0.3, -0.25) is 14.5 Å². The van der Waals surface area contributed by atoms with Crippen LogP contribution in [-0.2, 0) is 0 Å². The van der Waals surface area contributed by atoms with Crippen molar-refractivity contribution < 1.29 is 4.92 Å². The monoisotopic (exact) mass is 240 g/mol. The van der Waals surface area contributed by atoms with Crippen LogP contribution < -0.4 is 0 Å². The molecule has 0 aliphatic rings. The highest BCUT2D eigenvalue weighted by molar-refractivity contribution is 5.60. The van der Waals surface area contributed by atoms with Gasteiger partial charge in [0.1, 0.15) is 0 Å². The Morgan fingerprint density at radius 2 is 1.83 bits per heavy atom. The maximum absolute atomic E-state index is 10.6. The summed E-state index contributed by atoms with van der Waals surface area (Å²) in [6, 6.07) is 11.9. The minimum absolute atomic E-state index is 0.0626. The molecule has 0 aliphatic carbocycles. The average Bonchev–Trinajstić information content (AvgIpc) is 2.82. The molecule has 3 aromatic rings. The lowest BCUT2D eigenvalue weighted by molar-refractivity contribution is -0.384. The van der Waals surface area contributed by atoms with Crippen LogP contribution in [0.1, 0.15) is 0 Å². The molecular formula is C12H8N4O2. The molecule has 0 spiro atoms. The summed E-state index contributed by atoms with van der Waals surface area (Å²) in [6.45, 7) is 0. The van der Waals surface area contributed by atoms with Gasteiger partial charge in [-0.1, -0.05) is 6.07 Å². The molecule has 0 radical (unpaired) electrons. The lowest BCUT2D eigenvalue weighted by Crippen LogP contribution is -1.90. The van der Waals surface area contributed by atoms with Crippen molar-refractivity contribution in [1.29, 1.82) is 0 Å². The summed E-state index contributed by atoms with van der Waals surface area (Å²) in [5.41, 5.74) is 1.60. The predicted octanol–water partition coefficient (Wildman–Crippen LogP) is 2.30. The topological polar surface area (TPSA) is 73.3 Å². The minimum atomic E-state index is -0.425. The molecule has 0 N–H and O–H groups in total. The van der Waals surface area contributed by atoms with Crippen LogP contribution in [0.4, 0.5) is 5.69 Å². The highest BCUT2D eigenvalue weighted by atomic mass is 16.6. The van der Waals surface area contributed by atoms with Crippen molar-refractivity contribution in [2.75, 3.05) is 0 Å². The van der Waals surface area contributed by atoms with E-state index in [1.54, 1.807) is 12.1 Å². The Balaban J connectivity index is 2.12. The molecule has 0 saturated heterocycles. The highest BCUT2D eigenvalue weighted by Crippen LogP contribution is 2.21. The zero-order valence-corrected chi connectivity index (χ0v) is 9.22. The summed E-state index contributed by atoms with van der Waals surface area (Å²) >= 11 is 0. The van der Waals surface area contributed by atoms with Crippen LogP contribution in [0.15, 0.2) is 48.7 Å². The molecule has 88 valence electrons. The molecule has 1 aromatic carbocycles. The number of nitro benzene ring substituents is 1. The number of nitro groups is 1. The largest absolute Gasteiger partial charge is 0.282 e. The Hall–Kier alpha value is -2.76. The Morgan fingerprint density at radius 1 is 1.06 bits per heavy atom. The summed E-state index contributed by atoms with van der Waals surface area (Å²) in [7, 11) is 0. The lowest BCUT2D eigenvalue weighted by atomic mass is 10.2. The van der Waals surface area contributed by atoms with Gasteiger partial charge in [0.25, 0.3) is 5.69 Å². The normalized spacial score (nSPS) is 10.7. The van der Waals surface area contributed by atoms with Crippen molar-refractivity contribution in [3.63, 3.8) is 0 Å². The van der Waals surface area contributed by atoms with Gasteiger partial charge in [0.2, 0.25) is 0 Å². The van der Waals surface area contributed by atoms with Gasteiger partial charge in [0, 0.05) is 23.9 Å². The smallest absolute Gasteiger partial charge is 0.269 e. The van der Waals surface area contributed by atoms with Crippen LogP contribution in [0.2, 0.25) is 0 Å². The molecule has 0 atom stereocenters. The number of hydrogen-bond acceptors (Lipinski definition) is 4. The fourth-order valence-corrected chi connectivity index (χ4v) is 1.77. The van der Waals surface area contributed by atoms with Crippen molar-refractivity contribution in [2.24, 2.45) is 0 Å². The molecule has 2 aromatic heterocycles. The first-order chi connectivity index (χ1) is 8.75. The third-order valence-electron chi connectivity index (χ3n) is 2.65. The van der Waals surface area contributed by atoms with E-state index in [1.807, 2.05) is 28.8 Å². The van der Waals surface area contributed by atoms with E-state index in [2.05, 4.69) is 10.2 Å². The van der Waals surface area contributed by atoms with E-state index >= 15 is 0 Å². The van der Waals surface area contributed by atoms with Crippen LogP contribution in [0.5, 0.6) is 0 Å². The molecule has 0 amide bonds. The third kappa shape index (κ3) is 1.60. The van der Waals surface area contributed by atoms with Crippen molar-refractivity contribution in [3.8, 4) is 11.4 Å². The van der Waals surface area contributed by atoms with E-state index in [9.17, 15) is 10.1 Å². The van der Waals surface area contributed by atoms with Crippen LogP contribution >= 0.6 is 0 Å². The van der Waals surface area contributed by atoms with E-state index in [4.69, 9.17) is 0 Å². The number of nitrogens with zero attached hydrogens (tertiary/aromatic N) is 4. The van der Waals surface area contributed by atoms with Crippen molar-refractivity contribution in [1.82, 2.24) is 14.6 Å². The average molecular weight is 240 g/mol. The molecule has 18 heavy (non-hydrogen) atoms. The molecule has 3 rings (SSSR count). The van der Waals surface area contributed by atoms with Gasteiger partial charge in [-0.25, -0.2) is 0 Å². The number of rotatable bonds is 2. The quantitative estimate of drug-likeness (QED) is 0.509. The maximum atomic E-state index is 10.6. The molecule has 6 nitrogen and oxygen atoms in total. The summed E-state index contributed by atoms with van der Waals surface area (Å²) in [6.07, 6.45) is 1.85. The van der Waals surface area contributed by atoms with Gasteiger partial charge in [0.15, 0.2) is 11.5 Å². The number of hydrogen-bond donors (Lipinski definition) is 0. The molecule has 2 heterocycles. The summed E-state index contributed by atoms with van der Waals surface area (Å²) < 4.78 is 1.83. The second-order valence-corrected chi connectivity index (χ2v) is 3.76. The summed E-state index contributed by atoms with van der Waals surface area (Å²) in [5, 5.41) is 18.7. The molecule has 0 unspecified atom stereocenters. The summed E-state index contributed by atoms with van der Waals surface area (Å²) in [4.78, 5) is 10.2. The van der Waals surface area contributed by atoms with Crippen LogP contribution in [0.3, 0.4) is 0 Å². The third-order valence-corrected chi connectivity index (χ3v) is 2.65. The van der Waals surface area contributed by atoms with Crippen LogP contribution in [0.25, 0.3) is 17.0 Å². The van der Waals surface area contributed by atoms with Gasteiger partial charge in [-0.15, -0.1) is 10.2 Å². The Kier molecular flexibility index (Phi) is 2.26. The number of aromatic nitrogens is 3. The van der Waals surface area contributed by atoms with Gasteiger partial charge in [0.05, 0.1) is 4.92 Å². The van der Waals surface area contributed by atoms with Crippen molar-refractivity contribution in [3.05, 3.63) is 58.8 Å². The zero-order chi connectivity index (χ0) is 12.5. The fourth-order valence-electron chi connectivity index (χ4n) is 1.77. The molecular weight excluding hydrogens is 232 g/mol. The maximum Gasteiger partial charge on any atom is 0.269 e. The van der Waals surface area contributed by atoms with Gasteiger partial charge in [-0.05, 0) is 24.3 Å². The summed E-state index contributed by atoms with van der Waals surface area (Å²) in [5.74, 6) is 0.667. The van der Waals surface area contributed by atoms with Crippen LogP contribution in [0, 0.1) is 10.1 Å². The number of benzene rings is 1. The van der Waals surface area contributed by atoms with E-state index < -0.39 is 4.92 Å². The first-order valence-corrected chi connectivity index (χ1v) is 5.30. The molecule has 0 saturated carbocycles. The molecule has 6 heteroatoms. The number of non-ortho nitro benzene ring substituents is 1. The van der Waals surface area contributed by atoms with Crippen molar-refractivity contribution >= 4 is 11.3 Å². The first kappa shape index (κ1) is 10.4.